The van der Waals surface area contributed by atoms with Crippen LogP contribution in [-0.4, -0.2) is 31.1 Å². The van der Waals surface area contributed by atoms with Crippen molar-refractivity contribution < 1.29 is 4.39 Å². The Bertz CT molecular complexity index is 348. The second-order valence-corrected chi connectivity index (χ2v) is 5.21. The van der Waals surface area contributed by atoms with Gasteiger partial charge in [0, 0.05) is 32.2 Å². The van der Waals surface area contributed by atoms with E-state index in [4.69, 9.17) is 0 Å². The van der Waals surface area contributed by atoms with Crippen molar-refractivity contribution in [3.8, 4) is 0 Å². The number of rotatable bonds is 3. The van der Waals surface area contributed by atoms with Crippen LogP contribution in [0.5, 0.6) is 0 Å². The highest BCUT2D eigenvalue weighted by atomic mass is 19.1. The van der Waals surface area contributed by atoms with Crippen LogP contribution in [0, 0.1) is 11.7 Å². The largest absolute Gasteiger partial charge is 0.308 e. The summed E-state index contributed by atoms with van der Waals surface area (Å²) in [7, 11) is 0. The van der Waals surface area contributed by atoms with Crippen molar-refractivity contribution in [2.24, 2.45) is 5.92 Å². The number of nitrogens with zero attached hydrogens (tertiary/aromatic N) is 1. The topological polar surface area (TPSA) is 15.3 Å². The van der Waals surface area contributed by atoms with Crippen molar-refractivity contribution in [1.82, 2.24) is 10.2 Å². The van der Waals surface area contributed by atoms with E-state index in [1.165, 1.54) is 5.56 Å². The zero-order valence-corrected chi connectivity index (χ0v) is 10.6. The van der Waals surface area contributed by atoms with E-state index in [0.717, 1.165) is 26.2 Å². The second-order valence-electron chi connectivity index (χ2n) is 5.21. The van der Waals surface area contributed by atoms with E-state index >= 15 is 0 Å². The molecule has 0 aliphatic carbocycles. The molecular weight excluding hydrogens is 215 g/mol. The van der Waals surface area contributed by atoms with Gasteiger partial charge in [-0.3, -0.25) is 4.90 Å². The zero-order chi connectivity index (χ0) is 12.3. The molecule has 1 heterocycles. The molecule has 0 saturated carbocycles. The minimum Gasteiger partial charge on any atom is -0.308 e. The van der Waals surface area contributed by atoms with Gasteiger partial charge >= 0.3 is 0 Å². The van der Waals surface area contributed by atoms with Gasteiger partial charge < -0.3 is 5.32 Å². The summed E-state index contributed by atoms with van der Waals surface area (Å²) in [5.41, 5.74) is 1.18. The summed E-state index contributed by atoms with van der Waals surface area (Å²) >= 11 is 0. The predicted molar refractivity (Wildman–Crippen MR) is 68.4 cm³/mol. The standard InChI is InChI=1S/C14H21FN2/c1-11(2)9-17-8-7-16-14(10-17)12-3-5-13(15)6-4-12/h3-6,11,14,16H,7-10H2,1-2H3. The smallest absolute Gasteiger partial charge is 0.123 e. The molecule has 0 spiro atoms. The van der Waals surface area contributed by atoms with Crippen molar-refractivity contribution in [3.63, 3.8) is 0 Å². The number of hydrogen-bond donors (Lipinski definition) is 1. The molecule has 1 atom stereocenters. The van der Waals surface area contributed by atoms with Gasteiger partial charge in [0.05, 0.1) is 0 Å². The Kier molecular flexibility index (Phi) is 4.13. The SMILES string of the molecule is CC(C)CN1CCNC(c2ccc(F)cc2)C1. The van der Waals surface area contributed by atoms with Crippen LogP contribution in [0.2, 0.25) is 0 Å². The third kappa shape index (κ3) is 3.51. The molecule has 2 rings (SSSR count). The first-order valence-corrected chi connectivity index (χ1v) is 6.36. The van der Waals surface area contributed by atoms with E-state index in [0.29, 0.717) is 12.0 Å². The molecule has 1 aromatic rings. The minimum absolute atomic E-state index is 0.163. The lowest BCUT2D eigenvalue weighted by Crippen LogP contribution is -2.46. The summed E-state index contributed by atoms with van der Waals surface area (Å²) < 4.78 is 12.9. The van der Waals surface area contributed by atoms with E-state index in [1.807, 2.05) is 12.1 Å². The molecule has 0 bridgehead atoms. The third-order valence-electron chi connectivity index (χ3n) is 3.16. The lowest BCUT2D eigenvalue weighted by molar-refractivity contribution is 0.182. The highest BCUT2D eigenvalue weighted by Crippen LogP contribution is 2.18. The predicted octanol–water partition coefficient (Wildman–Crippen LogP) is 2.43. The molecule has 0 radical (unpaired) electrons. The van der Waals surface area contributed by atoms with Crippen molar-refractivity contribution >= 4 is 0 Å². The van der Waals surface area contributed by atoms with Gasteiger partial charge in [0.25, 0.3) is 0 Å². The quantitative estimate of drug-likeness (QED) is 0.867. The number of benzene rings is 1. The Morgan fingerprint density at radius 2 is 2.06 bits per heavy atom. The van der Waals surface area contributed by atoms with Gasteiger partial charge in [-0.1, -0.05) is 26.0 Å². The summed E-state index contributed by atoms with van der Waals surface area (Å²) in [6.07, 6.45) is 0. The van der Waals surface area contributed by atoms with Crippen LogP contribution in [0.3, 0.4) is 0 Å². The van der Waals surface area contributed by atoms with Crippen LogP contribution < -0.4 is 5.32 Å². The number of halogens is 1. The highest BCUT2D eigenvalue weighted by molar-refractivity contribution is 5.20. The van der Waals surface area contributed by atoms with Crippen LogP contribution in [0.4, 0.5) is 4.39 Å². The lowest BCUT2D eigenvalue weighted by Gasteiger charge is -2.34. The van der Waals surface area contributed by atoms with Crippen LogP contribution in [-0.2, 0) is 0 Å². The molecule has 1 aliphatic rings. The lowest BCUT2D eigenvalue weighted by atomic mass is 10.0. The van der Waals surface area contributed by atoms with Gasteiger partial charge in [0.15, 0.2) is 0 Å². The maximum Gasteiger partial charge on any atom is 0.123 e. The van der Waals surface area contributed by atoms with Crippen molar-refractivity contribution in [3.05, 3.63) is 35.6 Å². The minimum atomic E-state index is -0.163. The monoisotopic (exact) mass is 236 g/mol. The summed E-state index contributed by atoms with van der Waals surface area (Å²) in [6.45, 7) is 8.76. The molecule has 2 nitrogen and oxygen atoms in total. The molecule has 0 amide bonds. The van der Waals surface area contributed by atoms with Crippen LogP contribution in [0.25, 0.3) is 0 Å². The molecule has 1 saturated heterocycles. The van der Waals surface area contributed by atoms with Gasteiger partial charge in [-0.15, -0.1) is 0 Å². The van der Waals surface area contributed by atoms with Crippen molar-refractivity contribution in [2.75, 3.05) is 26.2 Å². The van der Waals surface area contributed by atoms with Crippen molar-refractivity contribution in [1.29, 1.82) is 0 Å². The molecule has 1 N–H and O–H groups in total. The van der Waals surface area contributed by atoms with E-state index < -0.39 is 0 Å². The maximum absolute atomic E-state index is 12.9. The van der Waals surface area contributed by atoms with Crippen molar-refractivity contribution in [2.45, 2.75) is 19.9 Å². The molecule has 1 fully saturated rings. The molecule has 1 unspecified atom stereocenters. The summed E-state index contributed by atoms with van der Waals surface area (Å²) in [5.74, 6) is 0.533. The summed E-state index contributed by atoms with van der Waals surface area (Å²) in [5, 5.41) is 3.49. The van der Waals surface area contributed by atoms with Crippen LogP contribution in [0.1, 0.15) is 25.5 Å². The van der Waals surface area contributed by atoms with Crippen LogP contribution in [0.15, 0.2) is 24.3 Å². The Labute approximate surface area is 103 Å². The fraction of sp³-hybridized carbons (Fsp3) is 0.571. The first-order chi connectivity index (χ1) is 8.15. The number of piperazine rings is 1. The zero-order valence-electron chi connectivity index (χ0n) is 10.6. The fourth-order valence-corrected chi connectivity index (χ4v) is 2.41. The first kappa shape index (κ1) is 12.5. The van der Waals surface area contributed by atoms with Crippen LogP contribution >= 0.6 is 0 Å². The summed E-state index contributed by atoms with van der Waals surface area (Å²) in [4.78, 5) is 2.48. The Morgan fingerprint density at radius 3 is 2.71 bits per heavy atom. The molecule has 3 heteroatoms. The maximum atomic E-state index is 12.9. The van der Waals surface area contributed by atoms with Gasteiger partial charge in [-0.25, -0.2) is 4.39 Å². The summed E-state index contributed by atoms with van der Waals surface area (Å²) in [6, 6.07) is 7.18. The first-order valence-electron chi connectivity index (χ1n) is 6.36. The highest BCUT2D eigenvalue weighted by Gasteiger charge is 2.20. The van der Waals surface area contributed by atoms with E-state index in [1.54, 1.807) is 12.1 Å². The van der Waals surface area contributed by atoms with Gasteiger partial charge in [0.1, 0.15) is 5.82 Å². The van der Waals surface area contributed by atoms with Gasteiger partial charge in [-0.05, 0) is 23.6 Å². The fourth-order valence-electron chi connectivity index (χ4n) is 2.41. The molecule has 1 aromatic carbocycles. The molecule has 94 valence electrons. The Morgan fingerprint density at radius 1 is 1.35 bits per heavy atom. The molecule has 1 aliphatic heterocycles. The second kappa shape index (κ2) is 5.61. The normalized spacial score (nSPS) is 22.0. The molecular formula is C14H21FN2. The third-order valence-corrected chi connectivity index (χ3v) is 3.16. The van der Waals surface area contributed by atoms with Gasteiger partial charge in [0.2, 0.25) is 0 Å². The number of hydrogen-bond acceptors (Lipinski definition) is 2. The van der Waals surface area contributed by atoms with Gasteiger partial charge in [-0.2, -0.15) is 0 Å². The Hall–Kier alpha value is -0.930. The Balaban J connectivity index is 1.99. The van der Waals surface area contributed by atoms with E-state index in [9.17, 15) is 4.39 Å². The number of nitrogens with one attached hydrogen (secondary N) is 1. The van der Waals surface area contributed by atoms with E-state index in [2.05, 4.69) is 24.1 Å². The van der Waals surface area contributed by atoms with E-state index in [-0.39, 0.29) is 5.82 Å². The molecule has 0 aromatic heterocycles. The molecule has 17 heavy (non-hydrogen) atoms. The average molecular weight is 236 g/mol. The average Bonchev–Trinajstić information content (AvgIpc) is 2.29.